The lowest BCUT2D eigenvalue weighted by Crippen LogP contribution is -2.14. The van der Waals surface area contributed by atoms with Gasteiger partial charge < -0.3 is 15.6 Å². The number of benzene rings is 1. The highest BCUT2D eigenvalue weighted by atomic mass is 32.1. The van der Waals surface area contributed by atoms with Crippen LogP contribution in [-0.2, 0) is 4.79 Å². The molecule has 0 atom stereocenters. The van der Waals surface area contributed by atoms with E-state index in [1.807, 2.05) is 26.0 Å². The standard InChI is InChI=1S/C30H27FN6OS/c1-16(2)8-27(38)35-20-9-19(12-32-13-20)18-4-5-23-21(10-18)28(17(3)11-34-23)30-36-24-15-33-14-22(29(24)37-30)25-6-7-26(31)39-25/h4-7,9-10,12-16,34H,8,11H2,1-3H3,(H,35,38)(H,36,37). The molecule has 0 saturated heterocycles. The molecule has 7 nitrogen and oxygen atoms in total. The molecule has 0 radical (unpaired) electrons. The lowest BCUT2D eigenvalue weighted by Gasteiger charge is -2.23. The lowest BCUT2D eigenvalue weighted by atomic mass is 9.92. The van der Waals surface area contributed by atoms with Crippen LogP contribution in [0.2, 0.25) is 0 Å². The molecule has 1 aromatic carbocycles. The van der Waals surface area contributed by atoms with Crippen molar-refractivity contribution in [3.63, 3.8) is 0 Å². The van der Waals surface area contributed by atoms with E-state index in [1.165, 1.54) is 6.07 Å². The topological polar surface area (TPSA) is 95.6 Å². The maximum Gasteiger partial charge on any atom is 0.224 e. The normalized spacial score (nSPS) is 13.1. The monoisotopic (exact) mass is 538 g/mol. The Bertz CT molecular complexity index is 1750. The van der Waals surface area contributed by atoms with Gasteiger partial charge in [0.05, 0.1) is 23.6 Å². The first kappa shape index (κ1) is 24.9. The minimum atomic E-state index is -0.242. The molecule has 1 aliphatic rings. The summed E-state index contributed by atoms with van der Waals surface area (Å²) in [7, 11) is 0. The number of carbonyl (C=O) groups is 1. The van der Waals surface area contributed by atoms with Crippen LogP contribution >= 0.6 is 11.3 Å². The number of halogens is 1. The molecule has 1 amide bonds. The number of imidazole rings is 1. The van der Waals surface area contributed by atoms with Gasteiger partial charge in [0.25, 0.3) is 0 Å². The number of pyridine rings is 2. The van der Waals surface area contributed by atoms with E-state index < -0.39 is 0 Å². The largest absolute Gasteiger partial charge is 0.381 e. The van der Waals surface area contributed by atoms with Gasteiger partial charge in [0, 0.05) is 58.2 Å². The highest BCUT2D eigenvalue weighted by Gasteiger charge is 2.23. The molecule has 0 spiro atoms. The van der Waals surface area contributed by atoms with Crippen molar-refractivity contribution in [3.05, 3.63) is 83.3 Å². The Hall–Kier alpha value is -4.37. The van der Waals surface area contributed by atoms with Gasteiger partial charge >= 0.3 is 0 Å². The zero-order chi connectivity index (χ0) is 27.1. The number of rotatable bonds is 6. The third-order valence-electron chi connectivity index (χ3n) is 6.68. The highest BCUT2D eigenvalue weighted by Crippen LogP contribution is 2.39. The summed E-state index contributed by atoms with van der Waals surface area (Å²) in [5.74, 6) is 0.990. The molecule has 9 heteroatoms. The molecule has 5 heterocycles. The predicted octanol–water partition coefficient (Wildman–Crippen LogP) is 7.12. The smallest absolute Gasteiger partial charge is 0.224 e. The summed E-state index contributed by atoms with van der Waals surface area (Å²) >= 11 is 1.08. The SMILES string of the molecule is CC1=C(c2nc3c(-c4ccc(F)s4)cncc3[nH]2)c2cc(-c3cncc(NC(=O)CC(C)C)c3)ccc2NC1. The Balaban J connectivity index is 1.39. The number of aromatic nitrogens is 4. The molecule has 39 heavy (non-hydrogen) atoms. The molecule has 0 fully saturated rings. The van der Waals surface area contributed by atoms with Crippen molar-refractivity contribution in [3.8, 4) is 21.6 Å². The number of hydrogen-bond donors (Lipinski definition) is 3. The molecule has 3 N–H and O–H groups in total. The number of H-pyrrole nitrogens is 1. The fraction of sp³-hybridized carbons (Fsp3) is 0.200. The van der Waals surface area contributed by atoms with Crippen molar-refractivity contribution >= 4 is 45.2 Å². The minimum absolute atomic E-state index is 0.0246. The number of nitrogens with one attached hydrogen (secondary N) is 3. The van der Waals surface area contributed by atoms with E-state index in [0.29, 0.717) is 18.7 Å². The van der Waals surface area contributed by atoms with Crippen molar-refractivity contribution in [2.45, 2.75) is 27.2 Å². The first-order chi connectivity index (χ1) is 18.9. The van der Waals surface area contributed by atoms with Gasteiger partial charge in [-0.2, -0.15) is 4.39 Å². The Kier molecular flexibility index (Phi) is 6.44. The van der Waals surface area contributed by atoms with E-state index in [0.717, 1.165) is 72.2 Å². The number of thiophene rings is 1. The third kappa shape index (κ3) is 4.93. The van der Waals surface area contributed by atoms with Gasteiger partial charge in [-0.15, -0.1) is 11.3 Å². The molecule has 196 valence electrons. The molecule has 0 aliphatic carbocycles. The number of anilines is 2. The van der Waals surface area contributed by atoms with Crippen LogP contribution in [0.1, 0.15) is 38.6 Å². The minimum Gasteiger partial charge on any atom is -0.381 e. The van der Waals surface area contributed by atoms with Gasteiger partial charge in [0.1, 0.15) is 11.3 Å². The second-order valence-electron chi connectivity index (χ2n) is 10.2. The molecule has 1 aliphatic heterocycles. The maximum atomic E-state index is 13.8. The van der Waals surface area contributed by atoms with Crippen LogP contribution in [-0.4, -0.2) is 32.4 Å². The Morgan fingerprint density at radius 2 is 1.90 bits per heavy atom. The highest BCUT2D eigenvalue weighted by molar-refractivity contribution is 7.14. The fourth-order valence-electron chi connectivity index (χ4n) is 4.90. The van der Waals surface area contributed by atoms with E-state index in [1.54, 1.807) is 30.9 Å². The molecule has 0 saturated carbocycles. The van der Waals surface area contributed by atoms with Crippen molar-refractivity contribution in [1.82, 2.24) is 19.9 Å². The van der Waals surface area contributed by atoms with Crippen LogP contribution in [0.25, 0.3) is 38.2 Å². The van der Waals surface area contributed by atoms with Gasteiger partial charge in [-0.25, -0.2) is 4.98 Å². The number of nitrogens with zero attached hydrogens (tertiary/aromatic N) is 3. The van der Waals surface area contributed by atoms with Crippen LogP contribution in [0.5, 0.6) is 0 Å². The van der Waals surface area contributed by atoms with Gasteiger partial charge in [-0.3, -0.25) is 14.8 Å². The van der Waals surface area contributed by atoms with Crippen LogP contribution in [0.4, 0.5) is 15.8 Å². The van der Waals surface area contributed by atoms with Crippen LogP contribution in [0.3, 0.4) is 0 Å². The summed E-state index contributed by atoms with van der Waals surface area (Å²) in [5, 5.41) is 6.21. The van der Waals surface area contributed by atoms with Crippen molar-refractivity contribution in [2.24, 2.45) is 5.92 Å². The summed E-state index contributed by atoms with van der Waals surface area (Å²) in [5.41, 5.74) is 9.07. The molecule has 6 rings (SSSR count). The Morgan fingerprint density at radius 1 is 1.05 bits per heavy atom. The van der Waals surface area contributed by atoms with Gasteiger partial charge in [0.15, 0.2) is 5.13 Å². The second kappa shape index (κ2) is 10.1. The first-order valence-corrected chi connectivity index (χ1v) is 13.6. The third-order valence-corrected chi connectivity index (χ3v) is 7.59. The van der Waals surface area contributed by atoms with Crippen LogP contribution in [0, 0.1) is 11.0 Å². The summed E-state index contributed by atoms with van der Waals surface area (Å²) in [6.07, 6.45) is 7.40. The number of aromatic amines is 1. The Morgan fingerprint density at radius 3 is 2.69 bits per heavy atom. The molecule has 5 aromatic rings. The van der Waals surface area contributed by atoms with E-state index in [9.17, 15) is 9.18 Å². The number of hydrogen-bond acceptors (Lipinski definition) is 6. The van der Waals surface area contributed by atoms with Crippen molar-refractivity contribution in [2.75, 3.05) is 17.2 Å². The average molecular weight is 539 g/mol. The second-order valence-corrected chi connectivity index (χ2v) is 11.2. The molecule has 0 unspecified atom stereocenters. The van der Waals surface area contributed by atoms with Crippen molar-refractivity contribution in [1.29, 1.82) is 0 Å². The van der Waals surface area contributed by atoms with E-state index in [-0.39, 0.29) is 17.0 Å². The Labute approximate surface area is 229 Å². The summed E-state index contributed by atoms with van der Waals surface area (Å²) in [4.78, 5) is 30.3. The van der Waals surface area contributed by atoms with Crippen LogP contribution in [0.15, 0.2) is 66.8 Å². The zero-order valence-corrected chi connectivity index (χ0v) is 22.6. The van der Waals surface area contributed by atoms with E-state index in [2.05, 4.69) is 44.6 Å². The summed E-state index contributed by atoms with van der Waals surface area (Å²) in [6, 6.07) is 11.4. The summed E-state index contributed by atoms with van der Waals surface area (Å²) < 4.78 is 13.8. The van der Waals surface area contributed by atoms with Gasteiger partial charge in [0.2, 0.25) is 5.91 Å². The quantitative estimate of drug-likeness (QED) is 0.214. The lowest BCUT2D eigenvalue weighted by molar-refractivity contribution is -0.116. The fourth-order valence-corrected chi connectivity index (χ4v) is 5.64. The number of carbonyl (C=O) groups excluding carboxylic acids is 1. The number of fused-ring (bicyclic) bond motifs is 2. The van der Waals surface area contributed by atoms with Crippen molar-refractivity contribution < 1.29 is 9.18 Å². The maximum absolute atomic E-state index is 13.8. The predicted molar refractivity (Wildman–Crippen MR) is 155 cm³/mol. The zero-order valence-electron chi connectivity index (χ0n) is 21.8. The number of amides is 1. The molecule has 0 bridgehead atoms. The van der Waals surface area contributed by atoms with Gasteiger partial charge in [-0.1, -0.05) is 19.9 Å². The van der Waals surface area contributed by atoms with Crippen LogP contribution < -0.4 is 10.6 Å². The molecular weight excluding hydrogens is 511 g/mol. The summed E-state index contributed by atoms with van der Waals surface area (Å²) in [6.45, 7) is 6.82. The molecule has 4 aromatic heterocycles. The molecular formula is C30H27FN6OS. The van der Waals surface area contributed by atoms with E-state index in [4.69, 9.17) is 4.98 Å². The average Bonchev–Trinajstić information content (AvgIpc) is 3.54. The van der Waals surface area contributed by atoms with E-state index >= 15 is 0 Å². The van der Waals surface area contributed by atoms with Gasteiger partial charge in [-0.05, 0) is 54.3 Å². The first-order valence-electron chi connectivity index (χ1n) is 12.8.